The Morgan fingerprint density at radius 2 is 1.71 bits per heavy atom. The highest BCUT2D eigenvalue weighted by molar-refractivity contribution is 9.10. The number of aryl methyl sites for hydroxylation is 1. The lowest BCUT2D eigenvalue weighted by atomic mass is 10.1. The fraction of sp³-hybridized carbons (Fsp3) is 0.125. The summed E-state index contributed by atoms with van der Waals surface area (Å²) in [5.41, 5.74) is 0. The molecule has 0 radical (unpaired) electrons. The maximum atomic E-state index is 5.85. The van der Waals surface area contributed by atoms with Gasteiger partial charge >= 0.3 is 0 Å². The molecule has 2 aromatic carbocycles. The summed E-state index contributed by atoms with van der Waals surface area (Å²) < 4.78 is 7.64. The Bertz CT molecular complexity index is 805. The van der Waals surface area contributed by atoms with Crippen LogP contribution in [-0.2, 0) is 6.42 Å². The molecule has 0 saturated carbocycles. The van der Waals surface area contributed by atoms with Crippen LogP contribution >= 0.6 is 31.9 Å². The summed E-state index contributed by atoms with van der Waals surface area (Å²) in [4.78, 5) is 8.64. The highest BCUT2D eigenvalue weighted by Crippen LogP contribution is 2.27. The van der Waals surface area contributed by atoms with E-state index in [0.717, 1.165) is 37.8 Å². The lowest BCUT2D eigenvalue weighted by molar-refractivity contribution is 0.458. The van der Waals surface area contributed by atoms with Gasteiger partial charge in [-0.3, -0.25) is 0 Å². The third-order valence-electron chi connectivity index (χ3n) is 3.03. The Morgan fingerprint density at radius 1 is 0.952 bits per heavy atom. The van der Waals surface area contributed by atoms with Crippen LogP contribution in [0.15, 0.2) is 51.5 Å². The molecule has 0 atom stereocenters. The van der Waals surface area contributed by atoms with Gasteiger partial charge in [0.25, 0.3) is 0 Å². The highest BCUT2D eigenvalue weighted by Gasteiger charge is 2.05. The average Bonchev–Trinajstić information content (AvgIpc) is 2.47. The van der Waals surface area contributed by atoms with E-state index in [1.54, 1.807) is 6.07 Å². The van der Waals surface area contributed by atoms with E-state index >= 15 is 0 Å². The third-order valence-corrected chi connectivity index (χ3v) is 3.93. The quantitative estimate of drug-likeness (QED) is 0.537. The topological polar surface area (TPSA) is 35.0 Å². The lowest BCUT2D eigenvalue weighted by Crippen LogP contribution is -1.96. The van der Waals surface area contributed by atoms with Crippen LogP contribution in [0.2, 0.25) is 0 Å². The molecule has 0 unspecified atom stereocenters. The van der Waals surface area contributed by atoms with Gasteiger partial charge in [-0.15, -0.1) is 0 Å². The third kappa shape index (κ3) is 3.41. The Hall–Kier alpha value is -1.46. The van der Waals surface area contributed by atoms with Crippen molar-refractivity contribution in [3.8, 4) is 11.6 Å². The molecule has 1 heterocycles. The van der Waals surface area contributed by atoms with Gasteiger partial charge in [0.1, 0.15) is 16.2 Å². The fourth-order valence-electron chi connectivity index (χ4n) is 2.03. The number of halogens is 2. The van der Waals surface area contributed by atoms with E-state index in [4.69, 9.17) is 4.74 Å². The van der Waals surface area contributed by atoms with E-state index in [1.807, 2.05) is 31.2 Å². The van der Waals surface area contributed by atoms with Crippen LogP contribution in [0, 0.1) is 0 Å². The molecule has 0 N–H and O–H groups in total. The number of benzene rings is 2. The first-order chi connectivity index (χ1) is 10.1. The lowest BCUT2D eigenvalue weighted by Gasteiger charge is -2.08. The molecule has 0 amide bonds. The summed E-state index contributed by atoms with van der Waals surface area (Å²) in [6, 6.07) is 13.9. The van der Waals surface area contributed by atoms with Crippen molar-refractivity contribution < 1.29 is 4.74 Å². The molecule has 0 saturated heterocycles. The minimum atomic E-state index is 0.546. The molecule has 0 aliphatic rings. The van der Waals surface area contributed by atoms with E-state index in [-0.39, 0.29) is 0 Å². The average molecular weight is 408 g/mol. The van der Waals surface area contributed by atoms with E-state index < -0.39 is 0 Å². The minimum Gasteiger partial charge on any atom is -0.439 e. The number of hydrogen-bond donors (Lipinski definition) is 0. The minimum absolute atomic E-state index is 0.546. The monoisotopic (exact) mass is 406 g/mol. The number of hydrogen-bond acceptors (Lipinski definition) is 3. The molecule has 0 aliphatic heterocycles. The zero-order chi connectivity index (χ0) is 14.8. The SMILES string of the molecule is CCc1nc(Br)cc(Oc2ccc3cc(Br)ccc3c2)n1. The molecule has 3 aromatic rings. The molecular formula is C16H12Br2N2O. The Balaban J connectivity index is 1.94. The van der Waals surface area contributed by atoms with Gasteiger partial charge in [0.05, 0.1) is 0 Å². The first-order valence-electron chi connectivity index (χ1n) is 6.54. The van der Waals surface area contributed by atoms with Crippen molar-refractivity contribution in [3.05, 3.63) is 57.4 Å². The molecule has 3 nitrogen and oxygen atoms in total. The van der Waals surface area contributed by atoms with Crippen molar-refractivity contribution in [3.63, 3.8) is 0 Å². The van der Waals surface area contributed by atoms with Crippen molar-refractivity contribution in [1.29, 1.82) is 0 Å². The van der Waals surface area contributed by atoms with Crippen LogP contribution in [0.1, 0.15) is 12.7 Å². The number of fused-ring (bicyclic) bond motifs is 1. The summed E-state index contributed by atoms with van der Waals surface area (Å²) in [5.74, 6) is 2.06. The molecule has 0 spiro atoms. The van der Waals surface area contributed by atoms with Gasteiger partial charge in [-0.1, -0.05) is 35.0 Å². The van der Waals surface area contributed by atoms with Crippen LogP contribution in [0.5, 0.6) is 11.6 Å². The van der Waals surface area contributed by atoms with E-state index in [1.165, 1.54) is 0 Å². The molecule has 5 heteroatoms. The van der Waals surface area contributed by atoms with Crippen LogP contribution in [-0.4, -0.2) is 9.97 Å². The summed E-state index contributed by atoms with van der Waals surface area (Å²) in [6.45, 7) is 2.01. The predicted molar refractivity (Wildman–Crippen MR) is 90.8 cm³/mol. The number of nitrogens with zero attached hydrogens (tertiary/aromatic N) is 2. The summed E-state index contributed by atoms with van der Waals surface area (Å²) >= 11 is 6.85. The number of aromatic nitrogens is 2. The summed E-state index contributed by atoms with van der Waals surface area (Å²) in [6.07, 6.45) is 0.765. The second-order valence-corrected chi connectivity index (χ2v) is 6.28. The number of ether oxygens (including phenoxy) is 1. The standard InChI is InChI=1S/C16H12Br2N2O/c1-2-15-19-14(18)9-16(20-15)21-13-6-4-10-7-12(17)5-3-11(10)8-13/h3-9H,2H2,1H3. The maximum Gasteiger partial charge on any atom is 0.223 e. The second-order valence-electron chi connectivity index (χ2n) is 4.55. The van der Waals surface area contributed by atoms with Gasteiger partial charge in [-0.2, -0.15) is 4.98 Å². The van der Waals surface area contributed by atoms with Gasteiger partial charge in [-0.05, 0) is 51.0 Å². The first-order valence-corrected chi connectivity index (χ1v) is 8.13. The second kappa shape index (κ2) is 6.12. The van der Waals surface area contributed by atoms with Crippen molar-refractivity contribution in [2.24, 2.45) is 0 Å². The zero-order valence-corrected chi connectivity index (χ0v) is 14.5. The van der Waals surface area contributed by atoms with Gasteiger partial charge < -0.3 is 4.74 Å². The largest absolute Gasteiger partial charge is 0.439 e. The fourth-order valence-corrected chi connectivity index (χ4v) is 2.81. The maximum absolute atomic E-state index is 5.85. The van der Waals surface area contributed by atoms with Crippen molar-refractivity contribution in [2.75, 3.05) is 0 Å². The highest BCUT2D eigenvalue weighted by atomic mass is 79.9. The smallest absolute Gasteiger partial charge is 0.223 e. The van der Waals surface area contributed by atoms with Gasteiger partial charge in [-0.25, -0.2) is 4.98 Å². The molecule has 3 rings (SSSR count). The van der Waals surface area contributed by atoms with Crippen molar-refractivity contribution >= 4 is 42.6 Å². The molecule has 0 aliphatic carbocycles. The Labute approximate surface area is 139 Å². The van der Waals surface area contributed by atoms with Crippen molar-refractivity contribution in [1.82, 2.24) is 9.97 Å². The predicted octanol–water partition coefficient (Wildman–Crippen LogP) is 5.51. The van der Waals surface area contributed by atoms with E-state index in [0.29, 0.717) is 5.88 Å². The summed E-state index contributed by atoms with van der Waals surface area (Å²) in [7, 11) is 0. The van der Waals surface area contributed by atoms with Crippen LogP contribution in [0.25, 0.3) is 10.8 Å². The Morgan fingerprint density at radius 3 is 2.52 bits per heavy atom. The first kappa shape index (κ1) is 14.5. The van der Waals surface area contributed by atoms with Crippen molar-refractivity contribution in [2.45, 2.75) is 13.3 Å². The number of rotatable bonds is 3. The van der Waals surface area contributed by atoms with Gasteiger partial charge in [0, 0.05) is 17.0 Å². The van der Waals surface area contributed by atoms with E-state index in [2.05, 4.69) is 54.0 Å². The van der Waals surface area contributed by atoms with Crippen LogP contribution < -0.4 is 4.74 Å². The van der Waals surface area contributed by atoms with Crippen LogP contribution in [0.3, 0.4) is 0 Å². The normalized spacial score (nSPS) is 10.8. The van der Waals surface area contributed by atoms with Crippen LogP contribution in [0.4, 0.5) is 0 Å². The Kier molecular flexibility index (Phi) is 4.22. The summed E-state index contributed by atoms with van der Waals surface area (Å²) in [5, 5.41) is 2.29. The molecule has 0 fully saturated rings. The molecule has 106 valence electrons. The molecular weight excluding hydrogens is 396 g/mol. The molecule has 0 bridgehead atoms. The molecule has 21 heavy (non-hydrogen) atoms. The van der Waals surface area contributed by atoms with Gasteiger partial charge in [0.2, 0.25) is 5.88 Å². The van der Waals surface area contributed by atoms with E-state index in [9.17, 15) is 0 Å². The molecule has 1 aromatic heterocycles. The zero-order valence-electron chi connectivity index (χ0n) is 11.3. The van der Waals surface area contributed by atoms with Gasteiger partial charge in [0.15, 0.2) is 0 Å².